The summed E-state index contributed by atoms with van der Waals surface area (Å²) in [5.74, 6) is 0. The summed E-state index contributed by atoms with van der Waals surface area (Å²) in [7, 11) is 0. The average molecular weight is 125 g/mol. The first-order valence-electron chi connectivity index (χ1n) is 3.37. The van der Waals surface area contributed by atoms with Gasteiger partial charge in [0.05, 0.1) is 0 Å². The molecule has 0 aliphatic rings. The van der Waals surface area contributed by atoms with E-state index in [9.17, 15) is 0 Å². The quantitative estimate of drug-likeness (QED) is 0.440. The van der Waals surface area contributed by atoms with Crippen molar-refractivity contribution in [1.82, 2.24) is 0 Å². The number of rotatable bonds is 5. The molecule has 1 heteroatoms. The van der Waals surface area contributed by atoms with Gasteiger partial charge in [-0.05, 0) is 25.8 Å². The molecular weight excluding hydrogens is 110 g/mol. The lowest BCUT2D eigenvalue weighted by Gasteiger charge is -1.86. The van der Waals surface area contributed by atoms with E-state index in [0.29, 0.717) is 0 Å². The van der Waals surface area contributed by atoms with Gasteiger partial charge in [-0.15, -0.1) is 6.58 Å². The summed E-state index contributed by atoms with van der Waals surface area (Å²) in [6, 6.07) is 0. The van der Waals surface area contributed by atoms with Crippen molar-refractivity contribution in [3.8, 4) is 0 Å². The summed E-state index contributed by atoms with van der Waals surface area (Å²) in [5, 5.41) is 0. The molecule has 0 unspecified atom stereocenters. The normalized spacial score (nSPS) is 10.3. The molecule has 0 amide bonds. The standard InChI is InChI=1S/C8H15N/c1-2-3-4-5-6-7-8-9/h2,4-5H,1,3,6-9H2/b5-4+. The number of hydrogen-bond donors (Lipinski definition) is 1. The fraction of sp³-hybridized carbons (Fsp3) is 0.500. The largest absolute Gasteiger partial charge is 0.330 e. The number of hydrogen-bond acceptors (Lipinski definition) is 1. The smallest absolute Gasteiger partial charge is 0.00743 e. The van der Waals surface area contributed by atoms with Crippen molar-refractivity contribution in [2.24, 2.45) is 5.73 Å². The Morgan fingerprint density at radius 3 is 2.67 bits per heavy atom. The first-order valence-corrected chi connectivity index (χ1v) is 3.37. The fourth-order valence-electron chi connectivity index (χ4n) is 0.546. The maximum Gasteiger partial charge on any atom is -0.00743 e. The molecule has 9 heavy (non-hydrogen) atoms. The summed E-state index contributed by atoms with van der Waals surface area (Å²) in [6.45, 7) is 4.39. The van der Waals surface area contributed by atoms with Crippen LogP contribution < -0.4 is 5.73 Å². The van der Waals surface area contributed by atoms with Gasteiger partial charge in [-0.2, -0.15) is 0 Å². The zero-order valence-electron chi connectivity index (χ0n) is 5.84. The Labute approximate surface area is 57.3 Å². The molecule has 0 aliphatic carbocycles. The van der Waals surface area contributed by atoms with Crippen molar-refractivity contribution in [1.29, 1.82) is 0 Å². The molecule has 0 rings (SSSR count). The van der Waals surface area contributed by atoms with Crippen LogP contribution in [-0.4, -0.2) is 6.54 Å². The Balaban J connectivity index is 2.94. The van der Waals surface area contributed by atoms with Crippen LogP contribution in [0.2, 0.25) is 0 Å². The second-order valence-corrected chi connectivity index (χ2v) is 1.93. The predicted molar refractivity (Wildman–Crippen MR) is 42.2 cm³/mol. The Kier molecular flexibility index (Phi) is 6.98. The van der Waals surface area contributed by atoms with Gasteiger partial charge in [0.1, 0.15) is 0 Å². The summed E-state index contributed by atoms with van der Waals surface area (Å²) in [5.41, 5.74) is 5.29. The number of allylic oxidation sites excluding steroid dienone is 3. The minimum Gasteiger partial charge on any atom is -0.330 e. The van der Waals surface area contributed by atoms with Crippen molar-refractivity contribution in [3.05, 3.63) is 24.8 Å². The minimum absolute atomic E-state index is 0.790. The van der Waals surface area contributed by atoms with E-state index in [1.807, 2.05) is 6.08 Å². The van der Waals surface area contributed by atoms with Gasteiger partial charge in [0.25, 0.3) is 0 Å². The van der Waals surface area contributed by atoms with Gasteiger partial charge >= 0.3 is 0 Å². The molecule has 0 aromatic heterocycles. The van der Waals surface area contributed by atoms with Crippen LogP contribution in [0, 0.1) is 0 Å². The van der Waals surface area contributed by atoms with Crippen LogP contribution in [0.4, 0.5) is 0 Å². The van der Waals surface area contributed by atoms with Gasteiger partial charge in [0.2, 0.25) is 0 Å². The van der Waals surface area contributed by atoms with E-state index in [4.69, 9.17) is 5.73 Å². The summed E-state index contributed by atoms with van der Waals surface area (Å²) in [4.78, 5) is 0. The lowest BCUT2D eigenvalue weighted by Crippen LogP contribution is -1.96. The molecule has 0 heterocycles. The predicted octanol–water partition coefficient (Wildman–Crippen LogP) is 1.86. The van der Waals surface area contributed by atoms with Crippen LogP contribution in [0.25, 0.3) is 0 Å². The van der Waals surface area contributed by atoms with Crippen molar-refractivity contribution >= 4 is 0 Å². The third-order valence-corrected chi connectivity index (χ3v) is 1.04. The first-order chi connectivity index (χ1) is 4.41. The molecule has 0 spiro atoms. The lowest BCUT2D eigenvalue weighted by atomic mass is 10.2. The molecule has 0 radical (unpaired) electrons. The second-order valence-electron chi connectivity index (χ2n) is 1.93. The van der Waals surface area contributed by atoms with Crippen molar-refractivity contribution < 1.29 is 0 Å². The van der Waals surface area contributed by atoms with Crippen LogP contribution in [-0.2, 0) is 0 Å². The molecular formula is C8H15N. The highest BCUT2D eigenvalue weighted by atomic mass is 14.5. The molecule has 0 bridgehead atoms. The van der Waals surface area contributed by atoms with Crippen molar-refractivity contribution in [2.75, 3.05) is 6.54 Å². The lowest BCUT2D eigenvalue weighted by molar-refractivity contribution is 0.853. The van der Waals surface area contributed by atoms with Crippen LogP contribution in [0.3, 0.4) is 0 Å². The monoisotopic (exact) mass is 125 g/mol. The molecule has 0 saturated carbocycles. The fourth-order valence-corrected chi connectivity index (χ4v) is 0.546. The molecule has 1 nitrogen and oxygen atoms in total. The molecule has 0 aromatic rings. The molecule has 0 saturated heterocycles. The van der Waals surface area contributed by atoms with Crippen molar-refractivity contribution in [3.63, 3.8) is 0 Å². The molecule has 0 aliphatic heterocycles. The molecule has 2 N–H and O–H groups in total. The Bertz CT molecular complexity index is 84.6. The first kappa shape index (κ1) is 8.44. The van der Waals surface area contributed by atoms with Crippen LogP contribution in [0.5, 0.6) is 0 Å². The van der Waals surface area contributed by atoms with Gasteiger partial charge < -0.3 is 5.73 Å². The van der Waals surface area contributed by atoms with E-state index in [1.165, 1.54) is 0 Å². The van der Waals surface area contributed by atoms with Gasteiger partial charge in [-0.3, -0.25) is 0 Å². The van der Waals surface area contributed by atoms with E-state index in [-0.39, 0.29) is 0 Å². The van der Waals surface area contributed by atoms with E-state index in [0.717, 1.165) is 25.8 Å². The third-order valence-electron chi connectivity index (χ3n) is 1.04. The summed E-state index contributed by atoms with van der Waals surface area (Å²) < 4.78 is 0. The van der Waals surface area contributed by atoms with Gasteiger partial charge in [-0.25, -0.2) is 0 Å². The van der Waals surface area contributed by atoms with E-state index in [2.05, 4.69) is 18.7 Å². The number of nitrogens with two attached hydrogens (primary N) is 1. The van der Waals surface area contributed by atoms with Crippen molar-refractivity contribution in [2.45, 2.75) is 19.3 Å². The number of unbranched alkanes of at least 4 members (excludes halogenated alkanes) is 1. The second kappa shape index (κ2) is 7.44. The zero-order valence-corrected chi connectivity index (χ0v) is 5.84. The van der Waals surface area contributed by atoms with Gasteiger partial charge in [0.15, 0.2) is 0 Å². The molecule has 0 fully saturated rings. The topological polar surface area (TPSA) is 26.0 Å². The van der Waals surface area contributed by atoms with Gasteiger partial charge in [0, 0.05) is 0 Å². The molecule has 52 valence electrons. The van der Waals surface area contributed by atoms with Crippen LogP contribution in [0.15, 0.2) is 24.8 Å². The van der Waals surface area contributed by atoms with Crippen LogP contribution >= 0.6 is 0 Å². The highest BCUT2D eigenvalue weighted by molar-refractivity contribution is 4.87. The van der Waals surface area contributed by atoms with E-state index in [1.54, 1.807) is 0 Å². The maximum atomic E-state index is 5.29. The SMILES string of the molecule is C=CC/C=C/CCCN. The summed E-state index contributed by atoms with van der Waals surface area (Å²) in [6.07, 6.45) is 9.32. The molecule has 0 atom stereocenters. The Morgan fingerprint density at radius 1 is 1.33 bits per heavy atom. The van der Waals surface area contributed by atoms with Crippen LogP contribution in [0.1, 0.15) is 19.3 Å². The van der Waals surface area contributed by atoms with E-state index >= 15 is 0 Å². The average Bonchev–Trinajstić information content (AvgIpc) is 1.89. The molecule has 0 aromatic carbocycles. The Hall–Kier alpha value is -0.560. The summed E-state index contributed by atoms with van der Waals surface area (Å²) >= 11 is 0. The Morgan fingerprint density at radius 2 is 2.11 bits per heavy atom. The zero-order chi connectivity index (χ0) is 6.95. The van der Waals surface area contributed by atoms with Gasteiger partial charge in [-0.1, -0.05) is 18.2 Å². The minimum atomic E-state index is 0.790. The maximum absolute atomic E-state index is 5.29. The highest BCUT2D eigenvalue weighted by Crippen LogP contribution is 1.90. The highest BCUT2D eigenvalue weighted by Gasteiger charge is 1.75. The van der Waals surface area contributed by atoms with E-state index < -0.39 is 0 Å². The third kappa shape index (κ3) is 7.44.